The van der Waals surface area contributed by atoms with E-state index < -0.39 is 0 Å². The van der Waals surface area contributed by atoms with Crippen molar-refractivity contribution in [2.24, 2.45) is 10.7 Å². The Kier molecular flexibility index (Phi) is 4.30. The van der Waals surface area contributed by atoms with Gasteiger partial charge in [0.05, 0.1) is 11.9 Å². The molecule has 0 aliphatic carbocycles. The summed E-state index contributed by atoms with van der Waals surface area (Å²) in [4.78, 5) is 4.53. The number of benzene rings is 1. The van der Waals surface area contributed by atoms with Crippen molar-refractivity contribution < 1.29 is 0 Å². The number of hydrogen-bond donors (Lipinski definition) is 1. The maximum Gasteiger partial charge on any atom is 0.0940 e. The maximum atomic E-state index is 6.16. The first kappa shape index (κ1) is 12.7. The molecule has 2 rings (SSSR count). The molecule has 0 saturated heterocycles. The van der Waals surface area contributed by atoms with Crippen molar-refractivity contribution >= 4 is 29.0 Å². The van der Waals surface area contributed by atoms with Gasteiger partial charge in [-0.25, -0.2) is 0 Å². The van der Waals surface area contributed by atoms with Crippen LogP contribution in [0.2, 0.25) is 10.0 Å². The number of nitrogens with zero attached hydrogens (tertiary/aromatic N) is 1. The smallest absolute Gasteiger partial charge is 0.0940 e. The van der Waals surface area contributed by atoms with E-state index >= 15 is 0 Å². The van der Waals surface area contributed by atoms with Crippen molar-refractivity contribution in [3.8, 4) is 0 Å². The first-order chi connectivity index (χ1) is 8.16. The first-order valence-electron chi connectivity index (χ1n) is 5.92. The third-order valence-electron chi connectivity index (χ3n) is 3.07. The van der Waals surface area contributed by atoms with Crippen molar-refractivity contribution in [1.29, 1.82) is 0 Å². The molecule has 2 nitrogen and oxygen atoms in total. The number of aliphatic imine (C=N–C) groups is 1. The van der Waals surface area contributed by atoms with Gasteiger partial charge in [-0.05, 0) is 37.0 Å². The summed E-state index contributed by atoms with van der Waals surface area (Å²) in [5.74, 6) is 0.760. The van der Waals surface area contributed by atoms with E-state index in [0.717, 1.165) is 53.5 Å². The van der Waals surface area contributed by atoms with E-state index in [1.807, 2.05) is 18.2 Å². The summed E-state index contributed by atoms with van der Waals surface area (Å²) < 4.78 is 0. The number of hydrogen-bond acceptors (Lipinski definition) is 2. The van der Waals surface area contributed by atoms with Crippen LogP contribution in [0.25, 0.3) is 0 Å². The van der Waals surface area contributed by atoms with Crippen molar-refractivity contribution in [2.75, 3.05) is 0 Å². The predicted octanol–water partition coefficient (Wildman–Crippen LogP) is 3.84. The Hall–Kier alpha value is -0.730. The van der Waals surface area contributed by atoms with Gasteiger partial charge in [0.1, 0.15) is 0 Å². The molecule has 0 saturated carbocycles. The second kappa shape index (κ2) is 5.74. The standard InChI is InChI=1S/C13H16Cl2N2/c14-11-5-3-6-12(15)10(11)8-9-4-1-2-7-13(16)17-9/h3,5-6,9H,1-2,4,7-8H2,(H2,16,17). The molecule has 1 heterocycles. The van der Waals surface area contributed by atoms with E-state index in [1.165, 1.54) is 0 Å². The highest BCUT2D eigenvalue weighted by atomic mass is 35.5. The molecule has 2 N–H and O–H groups in total. The zero-order valence-corrected chi connectivity index (χ0v) is 11.1. The molecule has 0 radical (unpaired) electrons. The predicted molar refractivity (Wildman–Crippen MR) is 74.0 cm³/mol. The first-order valence-corrected chi connectivity index (χ1v) is 6.67. The highest BCUT2D eigenvalue weighted by Gasteiger charge is 2.15. The summed E-state index contributed by atoms with van der Waals surface area (Å²) >= 11 is 12.3. The molecule has 4 heteroatoms. The fourth-order valence-electron chi connectivity index (χ4n) is 2.16. The van der Waals surface area contributed by atoms with Crippen LogP contribution in [-0.2, 0) is 6.42 Å². The third-order valence-corrected chi connectivity index (χ3v) is 3.78. The van der Waals surface area contributed by atoms with Gasteiger partial charge in [0.15, 0.2) is 0 Å². The lowest BCUT2D eigenvalue weighted by Gasteiger charge is -2.13. The van der Waals surface area contributed by atoms with Gasteiger partial charge in [-0.3, -0.25) is 4.99 Å². The molecule has 1 aliphatic rings. The normalized spacial score (nSPS) is 20.8. The summed E-state index contributed by atoms with van der Waals surface area (Å²) in [7, 11) is 0. The topological polar surface area (TPSA) is 38.4 Å². The van der Waals surface area contributed by atoms with E-state index in [-0.39, 0.29) is 6.04 Å². The van der Waals surface area contributed by atoms with E-state index in [0.29, 0.717) is 0 Å². The zero-order valence-electron chi connectivity index (χ0n) is 9.63. The molecule has 1 aliphatic heterocycles. The summed E-state index contributed by atoms with van der Waals surface area (Å²) in [6, 6.07) is 5.81. The third kappa shape index (κ3) is 3.36. The Morgan fingerprint density at radius 3 is 2.65 bits per heavy atom. The molecule has 1 aromatic carbocycles. The van der Waals surface area contributed by atoms with Crippen LogP contribution < -0.4 is 5.73 Å². The van der Waals surface area contributed by atoms with E-state index in [9.17, 15) is 0 Å². The Labute approximate surface area is 112 Å². The second-order valence-electron chi connectivity index (χ2n) is 4.42. The van der Waals surface area contributed by atoms with Crippen molar-refractivity contribution in [3.05, 3.63) is 33.8 Å². The van der Waals surface area contributed by atoms with Crippen LogP contribution in [0.5, 0.6) is 0 Å². The molecular formula is C13H16Cl2N2. The largest absolute Gasteiger partial charge is 0.387 e. The van der Waals surface area contributed by atoms with Crippen LogP contribution in [0, 0.1) is 0 Å². The molecule has 0 bridgehead atoms. The van der Waals surface area contributed by atoms with Crippen molar-refractivity contribution in [1.82, 2.24) is 0 Å². The van der Waals surface area contributed by atoms with Crippen molar-refractivity contribution in [3.63, 3.8) is 0 Å². The monoisotopic (exact) mass is 270 g/mol. The molecule has 1 unspecified atom stereocenters. The minimum absolute atomic E-state index is 0.217. The molecule has 0 spiro atoms. The van der Waals surface area contributed by atoms with Gasteiger partial charge in [0.25, 0.3) is 0 Å². The zero-order chi connectivity index (χ0) is 12.3. The van der Waals surface area contributed by atoms with Gasteiger partial charge < -0.3 is 5.73 Å². The van der Waals surface area contributed by atoms with Crippen LogP contribution >= 0.6 is 23.2 Å². The number of halogens is 2. The van der Waals surface area contributed by atoms with Gasteiger partial charge in [0.2, 0.25) is 0 Å². The quantitative estimate of drug-likeness (QED) is 0.872. The van der Waals surface area contributed by atoms with Crippen LogP contribution in [0.15, 0.2) is 23.2 Å². The highest BCUT2D eigenvalue weighted by molar-refractivity contribution is 6.36. The lowest BCUT2D eigenvalue weighted by Crippen LogP contribution is -2.15. The van der Waals surface area contributed by atoms with Crippen LogP contribution in [-0.4, -0.2) is 11.9 Å². The number of nitrogens with two attached hydrogens (primary N) is 1. The van der Waals surface area contributed by atoms with Gasteiger partial charge in [0, 0.05) is 16.5 Å². The molecule has 92 valence electrons. The van der Waals surface area contributed by atoms with E-state index in [4.69, 9.17) is 28.9 Å². The summed E-state index contributed by atoms with van der Waals surface area (Å²) in [6.45, 7) is 0. The minimum atomic E-state index is 0.217. The van der Waals surface area contributed by atoms with Crippen molar-refractivity contribution in [2.45, 2.75) is 38.1 Å². The molecule has 1 aromatic rings. The Bertz CT molecular complexity index is 409. The molecular weight excluding hydrogens is 255 g/mol. The lowest BCUT2D eigenvalue weighted by molar-refractivity contribution is 0.588. The SMILES string of the molecule is NC1=NC(Cc2c(Cl)cccc2Cl)CCCC1. The molecule has 0 aromatic heterocycles. The molecule has 0 fully saturated rings. The van der Waals surface area contributed by atoms with E-state index in [2.05, 4.69) is 4.99 Å². The second-order valence-corrected chi connectivity index (χ2v) is 5.24. The average molecular weight is 271 g/mol. The maximum absolute atomic E-state index is 6.16. The molecule has 0 amide bonds. The Morgan fingerprint density at radius 1 is 1.24 bits per heavy atom. The van der Waals surface area contributed by atoms with Gasteiger partial charge >= 0.3 is 0 Å². The minimum Gasteiger partial charge on any atom is -0.387 e. The van der Waals surface area contributed by atoms with Crippen LogP contribution in [0.4, 0.5) is 0 Å². The Balaban J connectivity index is 2.17. The van der Waals surface area contributed by atoms with E-state index in [1.54, 1.807) is 0 Å². The van der Waals surface area contributed by atoms with Gasteiger partial charge in [-0.1, -0.05) is 35.7 Å². The summed E-state index contributed by atoms with van der Waals surface area (Å²) in [5.41, 5.74) is 6.82. The highest BCUT2D eigenvalue weighted by Crippen LogP contribution is 2.27. The molecule has 1 atom stereocenters. The van der Waals surface area contributed by atoms with Crippen LogP contribution in [0.3, 0.4) is 0 Å². The number of amidine groups is 1. The average Bonchev–Trinajstić information content (AvgIpc) is 2.48. The number of rotatable bonds is 2. The van der Waals surface area contributed by atoms with Crippen LogP contribution in [0.1, 0.15) is 31.2 Å². The summed E-state index contributed by atoms with van der Waals surface area (Å²) in [5, 5.41) is 1.44. The fraction of sp³-hybridized carbons (Fsp3) is 0.462. The lowest BCUT2D eigenvalue weighted by atomic mass is 10.0. The summed E-state index contributed by atoms with van der Waals surface area (Å²) in [6.07, 6.45) is 5.03. The molecule has 17 heavy (non-hydrogen) atoms. The van der Waals surface area contributed by atoms with Gasteiger partial charge in [-0.2, -0.15) is 0 Å². The van der Waals surface area contributed by atoms with Gasteiger partial charge in [-0.15, -0.1) is 0 Å². The fourth-order valence-corrected chi connectivity index (χ4v) is 2.71. The Morgan fingerprint density at radius 2 is 1.94 bits per heavy atom.